The summed E-state index contributed by atoms with van der Waals surface area (Å²) in [6.45, 7) is 0.874. The van der Waals surface area contributed by atoms with Crippen molar-refractivity contribution in [2.45, 2.75) is 24.0 Å². The zero-order valence-electron chi connectivity index (χ0n) is 12.4. The van der Waals surface area contributed by atoms with Gasteiger partial charge in [-0.05, 0) is 18.9 Å². The molecule has 122 valence electrons. The number of thioether (sulfide) groups is 1. The van der Waals surface area contributed by atoms with Crippen LogP contribution < -0.4 is 0 Å². The maximum Gasteiger partial charge on any atom is 0.417 e. The summed E-state index contributed by atoms with van der Waals surface area (Å²) in [7, 11) is 0. The molecule has 0 bridgehead atoms. The van der Waals surface area contributed by atoms with Gasteiger partial charge in [-0.3, -0.25) is 9.59 Å². The summed E-state index contributed by atoms with van der Waals surface area (Å²) in [5.74, 6) is -0.00731. The third-order valence-corrected chi connectivity index (χ3v) is 4.69. The third kappa shape index (κ3) is 3.61. The van der Waals surface area contributed by atoms with Gasteiger partial charge in [-0.25, -0.2) is 19.7 Å². The van der Waals surface area contributed by atoms with Crippen LogP contribution in [0, 0.1) is 0 Å². The number of likely N-dealkylation sites (tertiary alicyclic amines) is 1. The molecule has 0 radical (unpaired) electrons. The topological polar surface area (TPSA) is 92.7 Å². The maximum atomic E-state index is 12.2. The van der Waals surface area contributed by atoms with Crippen molar-refractivity contribution >= 4 is 29.7 Å². The lowest BCUT2D eigenvalue weighted by Gasteiger charge is -2.34. The number of nitrogens with zero attached hydrogens (tertiary/aromatic N) is 4. The molecule has 2 aliphatic rings. The molecule has 1 aromatic rings. The summed E-state index contributed by atoms with van der Waals surface area (Å²) >= 11 is 1.30. The van der Waals surface area contributed by atoms with E-state index < -0.39 is 6.09 Å². The first kappa shape index (κ1) is 15.7. The van der Waals surface area contributed by atoms with E-state index in [0.29, 0.717) is 31.1 Å². The van der Waals surface area contributed by atoms with E-state index in [4.69, 9.17) is 4.74 Å². The maximum absolute atomic E-state index is 12.2. The van der Waals surface area contributed by atoms with E-state index >= 15 is 0 Å². The SMILES string of the molecule is O=C(CSc1ncccn1)N1CCC(N2C(=O)COC2=O)CC1. The molecule has 23 heavy (non-hydrogen) atoms. The van der Waals surface area contributed by atoms with Crippen LogP contribution in [0.5, 0.6) is 0 Å². The Bertz CT molecular complexity index is 588. The highest BCUT2D eigenvalue weighted by atomic mass is 32.2. The zero-order chi connectivity index (χ0) is 16.2. The molecule has 1 aromatic heterocycles. The average Bonchev–Trinajstić information content (AvgIpc) is 2.92. The van der Waals surface area contributed by atoms with Crippen LogP contribution in [-0.4, -0.2) is 69.2 Å². The van der Waals surface area contributed by atoms with Gasteiger partial charge in [0.25, 0.3) is 5.91 Å². The van der Waals surface area contributed by atoms with Gasteiger partial charge in [-0.15, -0.1) is 0 Å². The molecule has 3 amide bonds. The molecule has 0 N–H and O–H groups in total. The lowest BCUT2D eigenvalue weighted by atomic mass is 10.0. The van der Waals surface area contributed by atoms with Crippen LogP contribution in [-0.2, 0) is 14.3 Å². The van der Waals surface area contributed by atoms with Gasteiger partial charge < -0.3 is 9.64 Å². The number of hydrogen-bond acceptors (Lipinski definition) is 7. The Balaban J connectivity index is 1.48. The second kappa shape index (κ2) is 6.95. The van der Waals surface area contributed by atoms with Crippen molar-refractivity contribution in [3.05, 3.63) is 18.5 Å². The van der Waals surface area contributed by atoms with Gasteiger partial charge in [0.15, 0.2) is 11.8 Å². The monoisotopic (exact) mass is 336 g/mol. The van der Waals surface area contributed by atoms with Crippen molar-refractivity contribution in [2.75, 3.05) is 25.4 Å². The standard InChI is InChI=1S/C14H16N4O4S/c19-11-8-22-14(21)18(11)10-2-6-17(7-3-10)12(20)9-23-13-15-4-1-5-16-13/h1,4-5,10H,2-3,6-9H2. The van der Waals surface area contributed by atoms with Crippen molar-refractivity contribution in [1.29, 1.82) is 0 Å². The van der Waals surface area contributed by atoms with E-state index in [1.807, 2.05) is 0 Å². The van der Waals surface area contributed by atoms with Gasteiger partial charge in [0, 0.05) is 31.5 Å². The van der Waals surface area contributed by atoms with Crippen LogP contribution in [0.4, 0.5) is 4.79 Å². The molecule has 0 unspecified atom stereocenters. The normalized spacial score (nSPS) is 19.1. The number of aromatic nitrogens is 2. The van der Waals surface area contributed by atoms with E-state index in [1.54, 1.807) is 23.4 Å². The number of cyclic esters (lactones) is 1. The number of ether oxygens (including phenoxy) is 1. The van der Waals surface area contributed by atoms with Crippen LogP contribution in [0.25, 0.3) is 0 Å². The minimum Gasteiger partial charge on any atom is -0.439 e. The Morgan fingerprint density at radius 3 is 2.57 bits per heavy atom. The minimum absolute atomic E-state index is 0.0104. The van der Waals surface area contributed by atoms with Gasteiger partial charge in [-0.1, -0.05) is 11.8 Å². The van der Waals surface area contributed by atoms with Gasteiger partial charge in [0.1, 0.15) is 0 Å². The van der Waals surface area contributed by atoms with E-state index in [1.165, 1.54) is 16.7 Å². The Labute approximate surface area is 137 Å². The van der Waals surface area contributed by atoms with Crippen molar-refractivity contribution in [2.24, 2.45) is 0 Å². The van der Waals surface area contributed by atoms with Gasteiger partial charge >= 0.3 is 6.09 Å². The number of hydrogen-bond donors (Lipinski definition) is 0. The van der Waals surface area contributed by atoms with Crippen LogP contribution in [0.15, 0.2) is 23.6 Å². The van der Waals surface area contributed by atoms with Crippen molar-refractivity contribution in [3.63, 3.8) is 0 Å². The van der Waals surface area contributed by atoms with Gasteiger partial charge in [-0.2, -0.15) is 0 Å². The molecule has 3 rings (SSSR count). The van der Waals surface area contributed by atoms with E-state index in [0.717, 1.165) is 0 Å². The molecule has 0 aliphatic carbocycles. The number of carbonyl (C=O) groups is 3. The predicted molar refractivity (Wildman–Crippen MR) is 80.6 cm³/mol. The summed E-state index contributed by atoms with van der Waals surface area (Å²) in [6.07, 6.45) is 3.86. The Morgan fingerprint density at radius 2 is 1.96 bits per heavy atom. The third-order valence-electron chi connectivity index (χ3n) is 3.83. The molecule has 3 heterocycles. The second-order valence-corrected chi connectivity index (χ2v) is 6.19. The van der Waals surface area contributed by atoms with Crippen LogP contribution in [0.2, 0.25) is 0 Å². The molecule has 2 fully saturated rings. The number of rotatable bonds is 4. The predicted octanol–water partition coefficient (Wildman–Crippen LogP) is 0.538. The molecule has 0 saturated carbocycles. The van der Waals surface area contributed by atoms with E-state index in [9.17, 15) is 14.4 Å². The van der Waals surface area contributed by atoms with E-state index in [2.05, 4.69) is 9.97 Å². The van der Waals surface area contributed by atoms with Crippen LogP contribution in [0.1, 0.15) is 12.8 Å². The highest BCUT2D eigenvalue weighted by Crippen LogP contribution is 2.22. The molecule has 8 nitrogen and oxygen atoms in total. The molecular weight excluding hydrogens is 320 g/mol. The second-order valence-electron chi connectivity index (χ2n) is 5.25. The first-order valence-corrected chi connectivity index (χ1v) is 8.30. The Hall–Kier alpha value is -2.16. The largest absolute Gasteiger partial charge is 0.439 e. The summed E-state index contributed by atoms with van der Waals surface area (Å²) in [5, 5.41) is 0.571. The molecule has 2 aliphatic heterocycles. The smallest absolute Gasteiger partial charge is 0.417 e. The number of amides is 3. The van der Waals surface area contributed by atoms with Crippen molar-refractivity contribution < 1.29 is 19.1 Å². The van der Waals surface area contributed by atoms with Crippen molar-refractivity contribution in [1.82, 2.24) is 19.8 Å². The quantitative estimate of drug-likeness (QED) is 0.585. The Kier molecular flexibility index (Phi) is 4.75. The summed E-state index contributed by atoms with van der Waals surface area (Å²) in [5.41, 5.74) is 0. The highest BCUT2D eigenvalue weighted by molar-refractivity contribution is 7.99. The van der Waals surface area contributed by atoms with Gasteiger partial charge in [0.05, 0.1) is 5.75 Å². The first-order valence-electron chi connectivity index (χ1n) is 7.31. The van der Waals surface area contributed by atoms with Gasteiger partial charge in [0.2, 0.25) is 5.91 Å². The van der Waals surface area contributed by atoms with E-state index in [-0.39, 0.29) is 30.2 Å². The lowest BCUT2D eigenvalue weighted by molar-refractivity contribution is -0.131. The van der Waals surface area contributed by atoms with Crippen LogP contribution >= 0.6 is 11.8 Å². The summed E-state index contributed by atoms with van der Waals surface area (Å²) in [4.78, 5) is 46.5. The zero-order valence-corrected chi connectivity index (χ0v) is 13.2. The average molecular weight is 336 g/mol. The molecule has 0 aromatic carbocycles. The fraction of sp³-hybridized carbons (Fsp3) is 0.500. The Morgan fingerprint density at radius 1 is 1.26 bits per heavy atom. The molecule has 0 spiro atoms. The molecule has 2 saturated heterocycles. The first-order chi connectivity index (χ1) is 11.1. The highest BCUT2D eigenvalue weighted by Gasteiger charge is 2.38. The van der Waals surface area contributed by atoms with Crippen molar-refractivity contribution in [3.8, 4) is 0 Å². The fourth-order valence-electron chi connectivity index (χ4n) is 2.67. The fourth-order valence-corrected chi connectivity index (χ4v) is 3.37. The number of piperidine rings is 1. The summed E-state index contributed by atoms with van der Waals surface area (Å²) < 4.78 is 4.73. The molecular formula is C14H16N4O4S. The summed E-state index contributed by atoms with van der Waals surface area (Å²) in [6, 6.07) is 1.55. The van der Waals surface area contributed by atoms with Crippen LogP contribution in [0.3, 0.4) is 0 Å². The lowest BCUT2D eigenvalue weighted by Crippen LogP contribution is -2.48. The molecule has 9 heteroatoms. The number of imide groups is 1. The molecule has 0 atom stereocenters. The number of carbonyl (C=O) groups excluding carboxylic acids is 3. The minimum atomic E-state index is -0.573.